The number of hydrogen-bond acceptors (Lipinski definition) is 3. The van der Waals surface area contributed by atoms with Gasteiger partial charge < -0.3 is 10.7 Å². The lowest BCUT2D eigenvalue weighted by Gasteiger charge is -2.08. The molecule has 1 heterocycles. The van der Waals surface area contributed by atoms with E-state index >= 15 is 0 Å². The van der Waals surface area contributed by atoms with Crippen molar-refractivity contribution in [1.29, 1.82) is 0 Å². The Hall–Kier alpha value is -1.16. The van der Waals surface area contributed by atoms with Crippen LogP contribution in [-0.2, 0) is 19.3 Å². The minimum atomic E-state index is 0.0342. The predicted molar refractivity (Wildman–Crippen MR) is 63.5 cm³/mol. The van der Waals surface area contributed by atoms with Gasteiger partial charge in [-0.05, 0) is 32.6 Å². The summed E-state index contributed by atoms with van der Waals surface area (Å²) in [5, 5.41) is 0. The number of aromatic nitrogens is 2. The van der Waals surface area contributed by atoms with Gasteiger partial charge in [-0.25, -0.2) is 4.98 Å². The Labute approximate surface area is 95.3 Å². The molecule has 3 N–H and O–H groups in total. The number of aryl methyl sites for hydroxylation is 1. The van der Waals surface area contributed by atoms with E-state index in [0.717, 1.165) is 42.8 Å². The summed E-state index contributed by atoms with van der Waals surface area (Å²) >= 11 is 0. The zero-order valence-electron chi connectivity index (χ0n) is 9.75. The first kappa shape index (κ1) is 11.3. The van der Waals surface area contributed by atoms with Crippen LogP contribution in [0.25, 0.3) is 0 Å². The molecule has 1 aromatic heterocycles. The molecule has 0 aromatic carbocycles. The average Bonchev–Trinajstić information content (AvgIpc) is 2.41. The third kappa shape index (κ3) is 2.50. The van der Waals surface area contributed by atoms with E-state index in [1.807, 2.05) is 6.92 Å². The summed E-state index contributed by atoms with van der Waals surface area (Å²) in [5.74, 6) is 0.737. The van der Waals surface area contributed by atoms with Crippen LogP contribution in [0, 0.1) is 0 Å². The third-order valence-corrected chi connectivity index (χ3v) is 3.01. The van der Waals surface area contributed by atoms with Crippen molar-refractivity contribution in [3.05, 3.63) is 27.4 Å². The minimum Gasteiger partial charge on any atom is -0.328 e. The maximum Gasteiger partial charge on any atom is 0.254 e. The molecule has 1 aliphatic carbocycles. The van der Waals surface area contributed by atoms with E-state index in [0.29, 0.717) is 6.42 Å². The van der Waals surface area contributed by atoms with Crippen molar-refractivity contribution in [1.82, 2.24) is 9.97 Å². The van der Waals surface area contributed by atoms with E-state index in [9.17, 15) is 4.79 Å². The number of hydrogen-bond donors (Lipinski definition) is 2. The Kier molecular flexibility index (Phi) is 3.39. The summed E-state index contributed by atoms with van der Waals surface area (Å²) in [6, 6.07) is 0.0342. The monoisotopic (exact) mass is 221 g/mol. The van der Waals surface area contributed by atoms with Gasteiger partial charge in [0.2, 0.25) is 0 Å². The van der Waals surface area contributed by atoms with E-state index in [4.69, 9.17) is 5.73 Å². The maximum atomic E-state index is 11.9. The quantitative estimate of drug-likeness (QED) is 0.730. The number of rotatable bonds is 2. The number of aromatic amines is 1. The van der Waals surface area contributed by atoms with Crippen LogP contribution >= 0.6 is 0 Å². The van der Waals surface area contributed by atoms with Gasteiger partial charge in [0, 0.05) is 18.0 Å². The topological polar surface area (TPSA) is 71.8 Å². The van der Waals surface area contributed by atoms with Crippen molar-refractivity contribution < 1.29 is 0 Å². The van der Waals surface area contributed by atoms with Crippen LogP contribution in [0.15, 0.2) is 4.79 Å². The normalized spacial score (nSPS) is 17.6. The molecule has 2 rings (SSSR count). The molecule has 0 saturated carbocycles. The average molecular weight is 221 g/mol. The molecular weight excluding hydrogens is 202 g/mol. The van der Waals surface area contributed by atoms with E-state index in [1.54, 1.807) is 0 Å². The van der Waals surface area contributed by atoms with Gasteiger partial charge in [-0.1, -0.05) is 6.42 Å². The summed E-state index contributed by atoms with van der Waals surface area (Å²) in [5.41, 5.74) is 7.65. The second-order valence-corrected chi connectivity index (χ2v) is 4.68. The van der Waals surface area contributed by atoms with Crippen molar-refractivity contribution in [2.24, 2.45) is 5.73 Å². The Morgan fingerprint density at radius 2 is 2.12 bits per heavy atom. The fourth-order valence-electron chi connectivity index (χ4n) is 2.23. The summed E-state index contributed by atoms with van der Waals surface area (Å²) in [6.45, 7) is 1.92. The van der Waals surface area contributed by atoms with Crippen LogP contribution in [0.1, 0.15) is 43.3 Å². The van der Waals surface area contributed by atoms with Gasteiger partial charge in [0.1, 0.15) is 5.82 Å². The highest BCUT2D eigenvalue weighted by atomic mass is 16.1. The number of H-pyrrole nitrogens is 1. The van der Waals surface area contributed by atoms with Gasteiger partial charge in [0.05, 0.1) is 5.69 Å². The lowest BCUT2D eigenvalue weighted by atomic mass is 10.1. The Bertz CT molecular complexity index is 423. The number of nitrogens with two attached hydrogens (primary N) is 1. The zero-order chi connectivity index (χ0) is 11.5. The molecule has 0 amide bonds. The third-order valence-electron chi connectivity index (χ3n) is 3.01. The van der Waals surface area contributed by atoms with Crippen molar-refractivity contribution in [2.45, 2.75) is 51.5 Å². The van der Waals surface area contributed by atoms with Gasteiger partial charge in [-0.3, -0.25) is 4.79 Å². The number of fused-ring (bicyclic) bond motifs is 1. The lowest BCUT2D eigenvalue weighted by molar-refractivity contribution is 0.685. The largest absolute Gasteiger partial charge is 0.328 e. The van der Waals surface area contributed by atoms with Crippen LogP contribution in [0.4, 0.5) is 0 Å². The molecule has 88 valence electrons. The first-order valence-corrected chi connectivity index (χ1v) is 6.03. The molecule has 1 unspecified atom stereocenters. The molecule has 16 heavy (non-hydrogen) atoms. The molecule has 1 atom stereocenters. The molecule has 0 saturated heterocycles. The van der Waals surface area contributed by atoms with Crippen LogP contribution in [0.5, 0.6) is 0 Å². The second kappa shape index (κ2) is 4.78. The highest BCUT2D eigenvalue weighted by molar-refractivity contribution is 5.19. The van der Waals surface area contributed by atoms with Crippen LogP contribution in [-0.4, -0.2) is 16.0 Å². The van der Waals surface area contributed by atoms with Gasteiger partial charge in [-0.15, -0.1) is 0 Å². The smallest absolute Gasteiger partial charge is 0.254 e. The highest BCUT2D eigenvalue weighted by Crippen LogP contribution is 2.15. The summed E-state index contributed by atoms with van der Waals surface area (Å²) in [7, 11) is 0. The van der Waals surface area contributed by atoms with Crippen LogP contribution in [0.3, 0.4) is 0 Å². The first-order chi connectivity index (χ1) is 7.66. The zero-order valence-corrected chi connectivity index (χ0v) is 9.75. The van der Waals surface area contributed by atoms with Crippen LogP contribution < -0.4 is 11.3 Å². The van der Waals surface area contributed by atoms with E-state index in [-0.39, 0.29) is 11.6 Å². The predicted octanol–water partition coefficient (Wildman–Crippen LogP) is 0.928. The molecule has 4 heteroatoms. The molecule has 4 nitrogen and oxygen atoms in total. The number of nitrogens with one attached hydrogen (secondary N) is 1. The van der Waals surface area contributed by atoms with Gasteiger partial charge in [0.15, 0.2) is 0 Å². The minimum absolute atomic E-state index is 0.0342. The molecule has 0 bridgehead atoms. The van der Waals surface area contributed by atoms with E-state index in [1.165, 1.54) is 6.42 Å². The Morgan fingerprint density at radius 1 is 1.38 bits per heavy atom. The Morgan fingerprint density at radius 3 is 2.88 bits per heavy atom. The molecule has 0 spiro atoms. The highest BCUT2D eigenvalue weighted by Gasteiger charge is 2.14. The van der Waals surface area contributed by atoms with E-state index < -0.39 is 0 Å². The molecular formula is C12H19N3O. The van der Waals surface area contributed by atoms with Gasteiger partial charge in [0.25, 0.3) is 5.56 Å². The molecule has 0 fully saturated rings. The fourth-order valence-corrected chi connectivity index (χ4v) is 2.23. The summed E-state index contributed by atoms with van der Waals surface area (Å²) in [4.78, 5) is 19.3. The maximum absolute atomic E-state index is 11.9. The Balaban J connectivity index is 2.36. The molecule has 0 aliphatic heterocycles. The number of nitrogens with zero attached hydrogens (tertiary/aromatic N) is 1. The van der Waals surface area contributed by atoms with Gasteiger partial charge in [-0.2, -0.15) is 0 Å². The van der Waals surface area contributed by atoms with Crippen molar-refractivity contribution in [2.75, 3.05) is 0 Å². The lowest BCUT2D eigenvalue weighted by Crippen LogP contribution is -2.25. The molecule has 1 aromatic rings. The molecule has 1 aliphatic rings. The van der Waals surface area contributed by atoms with Gasteiger partial charge >= 0.3 is 0 Å². The van der Waals surface area contributed by atoms with Crippen LogP contribution in [0.2, 0.25) is 0 Å². The van der Waals surface area contributed by atoms with Crippen molar-refractivity contribution >= 4 is 0 Å². The SMILES string of the molecule is CC(N)Cc1nc2c(c(=O)[nH]1)CCCCC2. The summed E-state index contributed by atoms with van der Waals surface area (Å²) < 4.78 is 0. The summed E-state index contributed by atoms with van der Waals surface area (Å²) in [6.07, 6.45) is 5.88. The van der Waals surface area contributed by atoms with Crippen molar-refractivity contribution in [3.63, 3.8) is 0 Å². The fraction of sp³-hybridized carbons (Fsp3) is 0.667. The van der Waals surface area contributed by atoms with E-state index in [2.05, 4.69) is 9.97 Å². The van der Waals surface area contributed by atoms with Crippen molar-refractivity contribution in [3.8, 4) is 0 Å². The first-order valence-electron chi connectivity index (χ1n) is 6.03. The molecule has 0 radical (unpaired) electrons. The standard InChI is InChI=1S/C12H19N3O/c1-8(13)7-11-14-10-6-4-2-3-5-9(10)12(16)15-11/h8H,2-7,13H2,1H3,(H,14,15,16). The second-order valence-electron chi connectivity index (χ2n) is 4.68.